The third-order valence-corrected chi connectivity index (χ3v) is 6.09. The minimum Gasteiger partial charge on any atom is -0.478 e. The standard InChI is InChI=1S/C23H27N3O3/c27-22(21-15-20(24-25-21)17-6-2-1-3-7-17)26-12-10-16(11-13-26)14-18-8-4-5-9-19(18)23(28)29/h1-9,16,20-21,24-25H,10-15H2,(H,28,29). The molecular weight excluding hydrogens is 366 g/mol. The van der Waals surface area contributed by atoms with E-state index in [4.69, 9.17) is 0 Å². The van der Waals surface area contributed by atoms with Crippen molar-refractivity contribution in [3.05, 3.63) is 71.3 Å². The number of aromatic carboxylic acids is 1. The van der Waals surface area contributed by atoms with Gasteiger partial charge in [0.2, 0.25) is 5.91 Å². The van der Waals surface area contributed by atoms with Crippen molar-refractivity contribution in [2.75, 3.05) is 13.1 Å². The van der Waals surface area contributed by atoms with E-state index in [0.717, 1.165) is 44.3 Å². The van der Waals surface area contributed by atoms with Crippen molar-refractivity contribution in [2.45, 2.75) is 37.8 Å². The highest BCUT2D eigenvalue weighted by atomic mass is 16.4. The van der Waals surface area contributed by atoms with E-state index in [1.54, 1.807) is 12.1 Å². The second-order valence-corrected chi connectivity index (χ2v) is 7.98. The maximum atomic E-state index is 12.9. The van der Waals surface area contributed by atoms with Crippen molar-refractivity contribution in [3.63, 3.8) is 0 Å². The SMILES string of the molecule is O=C(O)c1ccccc1CC1CCN(C(=O)C2CC(c3ccccc3)NN2)CC1. The van der Waals surface area contributed by atoms with Crippen LogP contribution in [0.3, 0.4) is 0 Å². The first-order valence-electron chi connectivity index (χ1n) is 10.3. The second kappa shape index (κ2) is 8.76. The van der Waals surface area contributed by atoms with Crippen LogP contribution in [0, 0.1) is 5.92 Å². The predicted molar refractivity (Wildman–Crippen MR) is 110 cm³/mol. The number of carbonyl (C=O) groups excluding carboxylic acids is 1. The molecule has 2 aliphatic rings. The number of nitrogens with one attached hydrogen (secondary N) is 2. The maximum Gasteiger partial charge on any atom is 0.335 e. The van der Waals surface area contributed by atoms with Gasteiger partial charge in [0.15, 0.2) is 0 Å². The molecule has 2 unspecified atom stereocenters. The van der Waals surface area contributed by atoms with Gasteiger partial charge >= 0.3 is 5.97 Å². The zero-order chi connectivity index (χ0) is 20.2. The Kier molecular flexibility index (Phi) is 5.92. The van der Waals surface area contributed by atoms with Gasteiger partial charge in [-0.25, -0.2) is 15.6 Å². The van der Waals surface area contributed by atoms with Crippen LogP contribution in [0.5, 0.6) is 0 Å². The van der Waals surface area contributed by atoms with Crippen LogP contribution < -0.4 is 10.9 Å². The monoisotopic (exact) mass is 393 g/mol. The molecule has 29 heavy (non-hydrogen) atoms. The van der Waals surface area contributed by atoms with Crippen molar-refractivity contribution < 1.29 is 14.7 Å². The van der Waals surface area contributed by atoms with Crippen LogP contribution in [0.4, 0.5) is 0 Å². The molecule has 0 bridgehead atoms. The number of piperidine rings is 1. The molecule has 6 heteroatoms. The minimum absolute atomic E-state index is 0.148. The Bertz CT molecular complexity index is 863. The van der Waals surface area contributed by atoms with Gasteiger partial charge in [-0.1, -0.05) is 48.5 Å². The largest absolute Gasteiger partial charge is 0.478 e. The summed E-state index contributed by atoms with van der Waals surface area (Å²) in [5, 5.41) is 9.37. The first kappa shape index (κ1) is 19.6. The Morgan fingerprint density at radius 3 is 2.38 bits per heavy atom. The molecule has 6 nitrogen and oxygen atoms in total. The maximum absolute atomic E-state index is 12.9. The molecule has 0 spiro atoms. The Morgan fingerprint density at radius 2 is 1.66 bits per heavy atom. The van der Waals surface area contributed by atoms with Gasteiger partial charge in [0.1, 0.15) is 6.04 Å². The summed E-state index contributed by atoms with van der Waals surface area (Å²) in [4.78, 5) is 26.3. The van der Waals surface area contributed by atoms with Gasteiger partial charge in [-0.05, 0) is 48.8 Å². The molecule has 2 aliphatic heterocycles. The van der Waals surface area contributed by atoms with Crippen LogP contribution in [-0.4, -0.2) is 41.0 Å². The number of benzene rings is 2. The first-order chi connectivity index (χ1) is 14.1. The number of hydrogen-bond donors (Lipinski definition) is 3. The Balaban J connectivity index is 1.30. The van der Waals surface area contributed by atoms with E-state index in [1.807, 2.05) is 35.2 Å². The number of hydrazine groups is 1. The first-order valence-corrected chi connectivity index (χ1v) is 10.3. The molecule has 2 atom stereocenters. The molecule has 2 fully saturated rings. The number of nitrogens with zero attached hydrogens (tertiary/aromatic N) is 1. The summed E-state index contributed by atoms with van der Waals surface area (Å²) in [6, 6.07) is 17.3. The molecule has 0 saturated carbocycles. The molecule has 0 aromatic heterocycles. The molecule has 2 heterocycles. The fraction of sp³-hybridized carbons (Fsp3) is 0.391. The normalized spacial score (nSPS) is 22.6. The van der Waals surface area contributed by atoms with E-state index < -0.39 is 5.97 Å². The molecule has 152 valence electrons. The molecular formula is C23H27N3O3. The lowest BCUT2D eigenvalue weighted by Gasteiger charge is -2.33. The quantitative estimate of drug-likeness (QED) is 0.728. The molecule has 2 saturated heterocycles. The fourth-order valence-electron chi connectivity index (χ4n) is 4.42. The van der Waals surface area contributed by atoms with Crippen LogP contribution in [0.2, 0.25) is 0 Å². The fourth-order valence-corrected chi connectivity index (χ4v) is 4.42. The molecule has 3 N–H and O–H groups in total. The lowest BCUT2D eigenvalue weighted by atomic mass is 9.88. The van der Waals surface area contributed by atoms with Crippen molar-refractivity contribution in [1.82, 2.24) is 15.8 Å². The molecule has 4 rings (SSSR count). The van der Waals surface area contributed by atoms with E-state index in [1.165, 1.54) is 5.56 Å². The highest BCUT2D eigenvalue weighted by Crippen LogP contribution is 2.26. The summed E-state index contributed by atoms with van der Waals surface area (Å²) in [5.74, 6) is -0.312. The summed E-state index contributed by atoms with van der Waals surface area (Å²) in [6.07, 6.45) is 3.31. The molecule has 0 radical (unpaired) electrons. The van der Waals surface area contributed by atoms with Gasteiger partial charge in [0.25, 0.3) is 0 Å². The zero-order valence-electron chi connectivity index (χ0n) is 16.4. The van der Waals surface area contributed by atoms with Gasteiger partial charge in [-0.15, -0.1) is 0 Å². The van der Waals surface area contributed by atoms with Crippen LogP contribution in [0.25, 0.3) is 0 Å². The van der Waals surface area contributed by atoms with Crippen LogP contribution in [-0.2, 0) is 11.2 Å². The van der Waals surface area contributed by atoms with Gasteiger partial charge in [0.05, 0.1) is 5.56 Å². The average Bonchev–Trinajstić information content (AvgIpc) is 3.25. The average molecular weight is 393 g/mol. The third kappa shape index (κ3) is 4.49. The molecule has 2 aromatic carbocycles. The Labute approximate surface area is 170 Å². The lowest BCUT2D eigenvalue weighted by Crippen LogP contribution is -2.48. The predicted octanol–water partition coefficient (Wildman–Crippen LogP) is 2.77. The summed E-state index contributed by atoms with van der Waals surface area (Å²) >= 11 is 0. The summed E-state index contributed by atoms with van der Waals surface area (Å²) in [6.45, 7) is 1.46. The second-order valence-electron chi connectivity index (χ2n) is 7.98. The lowest BCUT2D eigenvalue weighted by molar-refractivity contribution is -0.134. The molecule has 0 aliphatic carbocycles. The van der Waals surface area contributed by atoms with Gasteiger partial charge in [0, 0.05) is 19.1 Å². The highest BCUT2D eigenvalue weighted by Gasteiger charge is 2.34. The smallest absolute Gasteiger partial charge is 0.335 e. The van der Waals surface area contributed by atoms with E-state index in [2.05, 4.69) is 23.0 Å². The number of rotatable bonds is 5. The van der Waals surface area contributed by atoms with Crippen molar-refractivity contribution in [1.29, 1.82) is 0 Å². The van der Waals surface area contributed by atoms with Gasteiger partial charge < -0.3 is 10.0 Å². The number of carboxylic acids is 1. The van der Waals surface area contributed by atoms with Crippen LogP contribution >= 0.6 is 0 Å². The summed E-state index contributed by atoms with van der Waals surface area (Å²) in [7, 11) is 0. The van der Waals surface area contributed by atoms with Crippen LogP contribution in [0.15, 0.2) is 54.6 Å². The van der Waals surface area contributed by atoms with Crippen molar-refractivity contribution in [2.24, 2.45) is 5.92 Å². The van der Waals surface area contributed by atoms with E-state index in [9.17, 15) is 14.7 Å². The summed E-state index contributed by atoms with van der Waals surface area (Å²) < 4.78 is 0. The van der Waals surface area contributed by atoms with Crippen molar-refractivity contribution >= 4 is 11.9 Å². The Hall–Kier alpha value is -2.70. The molecule has 2 aromatic rings. The van der Waals surface area contributed by atoms with E-state index in [-0.39, 0.29) is 18.0 Å². The van der Waals surface area contributed by atoms with Gasteiger partial charge in [-0.3, -0.25) is 4.79 Å². The number of likely N-dealkylation sites (tertiary alicyclic amines) is 1. The van der Waals surface area contributed by atoms with Crippen molar-refractivity contribution in [3.8, 4) is 0 Å². The number of amides is 1. The number of hydrogen-bond acceptors (Lipinski definition) is 4. The number of carboxylic acid groups (broad SMARTS) is 1. The number of carbonyl (C=O) groups is 2. The Morgan fingerprint density at radius 1 is 0.966 bits per heavy atom. The van der Waals surface area contributed by atoms with E-state index >= 15 is 0 Å². The topological polar surface area (TPSA) is 81.7 Å². The highest BCUT2D eigenvalue weighted by molar-refractivity contribution is 5.89. The van der Waals surface area contributed by atoms with Crippen LogP contribution in [0.1, 0.15) is 46.8 Å². The molecule has 1 amide bonds. The van der Waals surface area contributed by atoms with E-state index in [0.29, 0.717) is 11.5 Å². The zero-order valence-corrected chi connectivity index (χ0v) is 16.4. The third-order valence-electron chi connectivity index (χ3n) is 6.09. The van der Waals surface area contributed by atoms with Gasteiger partial charge in [-0.2, -0.15) is 0 Å². The summed E-state index contributed by atoms with van der Waals surface area (Å²) in [5.41, 5.74) is 8.88. The minimum atomic E-state index is -0.874.